The molecule has 0 amide bonds. The van der Waals surface area contributed by atoms with Crippen molar-refractivity contribution in [2.75, 3.05) is 25.0 Å². The van der Waals surface area contributed by atoms with Crippen molar-refractivity contribution in [3.05, 3.63) is 107 Å². The van der Waals surface area contributed by atoms with Crippen molar-refractivity contribution in [2.45, 2.75) is 38.0 Å². The van der Waals surface area contributed by atoms with Gasteiger partial charge in [-0.15, -0.1) is 0 Å². The number of anilines is 2. The lowest BCUT2D eigenvalue weighted by Gasteiger charge is -2.27. The summed E-state index contributed by atoms with van der Waals surface area (Å²) in [5, 5.41) is 3.38. The number of piperidine rings is 1. The topological polar surface area (TPSA) is 41.1 Å². The Kier molecular flexibility index (Phi) is 6.48. The van der Waals surface area contributed by atoms with E-state index in [4.69, 9.17) is 4.98 Å². The van der Waals surface area contributed by atoms with E-state index in [9.17, 15) is 4.39 Å². The summed E-state index contributed by atoms with van der Waals surface area (Å²) in [7, 11) is 0. The Labute approximate surface area is 212 Å². The fourth-order valence-electron chi connectivity index (χ4n) is 5.59. The highest BCUT2D eigenvalue weighted by molar-refractivity contribution is 5.73. The fraction of sp³-hybridized carbons (Fsp3) is 0.290. The zero-order valence-electron chi connectivity index (χ0n) is 20.5. The number of rotatable bonds is 6. The van der Waals surface area contributed by atoms with Crippen LogP contribution in [0.4, 0.5) is 16.0 Å². The van der Waals surface area contributed by atoms with Crippen molar-refractivity contribution in [1.29, 1.82) is 0 Å². The molecule has 1 aliphatic heterocycles. The second kappa shape index (κ2) is 10.2. The lowest BCUT2D eigenvalue weighted by Crippen LogP contribution is -2.31. The number of nitrogens with zero attached hydrogens (tertiary/aromatic N) is 3. The van der Waals surface area contributed by atoms with Crippen LogP contribution < -0.4 is 5.32 Å². The van der Waals surface area contributed by atoms with Crippen LogP contribution in [0.5, 0.6) is 0 Å². The lowest BCUT2D eigenvalue weighted by molar-refractivity contribution is 0.231. The van der Waals surface area contributed by atoms with E-state index < -0.39 is 0 Å². The van der Waals surface area contributed by atoms with E-state index in [0.717, 1.165) is 46.6 Å². The summed E-state index contributed by atoms with van der Waals surface area (Å²) in [4.78, 5) is 12.1. The van der Waals surface area contributed by atoms with E-state index in [1.807, 2.05) is 30.5 Å². The van der Waals surface area contributed by atoms with Gasteiger partial charge >= 0.3 is 0 Å². The first-order chi connectivity index (χ1) is 17.7. The second-order valence-corrected chi connectivity index (χ2v) is 9.91. The number of hydrogen-bond donors (Lipinski definition) is 1. The molecule has 0 spiro atoms. The highest BCUT2D eigenvalue weighted by Gasteiger charge is 2.28. The van der Waals surface area contributed by atoms with E-state index in [0.29, 0.717) is 12.4 Å². The Hall–Kier alpha value is -3.57. The number of aromatic nitrogens is 2. The molecule has 1 saturated heterocycles. The van der Waals surface area contributed by atoms with Gasteiger partial charge in [-0.3, -0.25) is 0 Å². The molecule has 0 bridgehead atoms. The summed E-state index contributed by atoms with van der Waals surface area (Å²) in [5.74, 6) is 0.364. The molecule has 2 aliphatic rings. The van der Waals surface area contributed by atoms with Crippen molar-refractivity contribution in [3.8, 4) is 11.3 Å². The molecule has 4 aromatic rings. The molecule has 4 nitrogen and oxygen atoms in total. The molecule has 1 fully saturated rings. The molecule has 0 saturated carbocycles. The van der Waals surface area contributed by atoms with Crippen LogP contribution in [0.15, 0.2) is 79.0 Å². The second-order valence-electron chi connectivity index (χ2n) is 9.91. The van der Waals surface area contributed by atoms with Crippen LogP contribution in [0.3, 0.4) is 0 Å². The standard InChI is InChI=1S/C31H31FN4/c32-29-11-5-4-9-26(29)28-20-23-21-33-31(35-30(23)27-10-3-2-8-25(27)28)34-24-14-12-22(13-15-24)16-19-36-17-6-1-7-18-36/h2-5,8-15,21,28H,1,6-7,16-20H2,(H,33,34,35)/t28-/m1/s1. The fourth-order valence-corrected chi connectivity index (χ4v) is 5.59. The van der Waals surface area contributed by atoms with Gasteiger partial charge in [0.05, 0.1) is 5.69 Å². The molecule has 1 aromatic heterocycles. The number of benzene rings is 3. The van der Waals surface area contributed by atoms with E-state index in [1.165, 1.54) is 44.0 Å². The summed E-state index contributed by atoms with van der Waals surface area (Å²) in [6.07, 6.45) is 7.69. The normalized spacial score (nSPS) is 17.3. The monoisotopic (exact) mass is 478 g/mol. The largest absolute Gasteiger partial charge is 0.324 e. The Bertz CT molecular complexity index is 1350. The van der Waals surface area contributed by atoms with Crippen LogP contribution in [0.2, 0.25) is 0 Å². The van der Waals surface area contributed by atoms with E-state index in [2.05, 4.69) is 51.6 Å². The van der Waals surface area contributed by atoms with E-state index >= 15 is 0 Å². The third-order valence-corrected chi connectivity index (χ3v) is 7.54. The molecular formula is C31H31FN4. The Morgan fingerprint density at radius 3 is 2.42 bits per heavy atom. The molecule has 1 aliphatic carbocycles. The number of fused-ring (bicyclic) bond motifs is 3. The third kappa shape index (κ3) is 4.76. The Morgan fingerprint density at radius 1 is 0.861 bits per heavy atom. The zero-order valence-corrected chi connectivity index (χ0v) is 20.5. The maximum atomic E-state index is 14.7. The quantitative estimate of drug-likeness (QED) is 0.333. The number of halogens is 1. The third-order valence-electron chi connectivity index (χ3n) is 7.54. The maximum Gasteiger partial charge on any atom is 0.227 e. The molecule has 2 heterocycles. The van der Waals surface area contributed by atoms with Gasteiger partial charge in [0.25, 0.3) is 0 Å². The first-order valence-corrected chi connectivity index (χ1v) is 13.0. The number of nitrogens with one attached hydrogen (secondary N) is 1. The molecule has 6 rings (SSSR count). The molecule has 5 heteroatoms. The van der Waals surface area contributed by atoms with Gasteiger partial charge in [0.15, 0.2) is 0 Å². The Morgan fingerprint density at radius 2 is 1.61 bits per heavy atom. The van der Waals surface area contributed by atoms with Gasteiger partial charge in [0, 0.05) is 29.9 Å². The molecule has 1 atom stereocenters. The molecular weight excluding hydrogens is 447 g/mol. The van der Waals surface area contributed by atoms with Crippen LogP contribution in [0.1, 0.15) is 47.4 Å². The van der Waals surface area contributed by atoms with Crippen LogP contribution >= 0.6 is 0 Å². The smallest absolute Gasteiger partial charge is 0.227 e. The highest BCUT2D eigenvalue weighted by atomic mass is 19.1. The van der Waals surface area contributed by atoms with Gasteiger partial charge in [-0.05, 0) is 79.2 Å². The van der Waals surface area contributed by atoms with Crippen molar-refractivity contribution in [1.82, 2.24) is 14.9 Å². The van der Waals surface area contributed by atoms with Crippen molar-refractivity contribution in [2.24, 2.45) is 0 Å². The van der Waals surface area contributed by atoms with Gasteiger partial charge in [-0.25, -0.2) is 14.4 Å². The minimum absolute atomic E-state index is 0.0465. The lowest BCUT2D eigenvalue weighted by atomic mass is 9.78. The predicted octanol–water partition coefficient (Wildman–Crippen LogP) is 6.74. The van der Waals surface area contributed by atoms with Gasteiger partial charge in [0.1, 0.15) is 5.82 Å². The van der Waals surface area contributed by atoms with Gasteiger partial charge < -0.3 is 10.2 Å². The highest BCUT2D eigenvalue weighted by Crippen LogP contribution is 2.42. The first-order valence-electron chi connectivity index (χ1n) is 13.0. The molecule has 3 aromatic carbocycles. The van der Waals surface area contributed by atoms with Crippen molar-refractivity contribution in [3.63, 3.8) is 0 Å². The summed E-state index contributed by atoms with van der Waals surface area (Å²) in [5.41, 5.74) is 7.17. The van der Waals surface area contributed by atoms with Crippen LogP contribution in [0.25, 0.3) is 11.3 Å². The maximum absolute atomic E-state index is 14.7. The van der Waals surface area contributed by atoms with Gasteiger partial charge in [-0.2, -0.15) is 0 Å². The predicted molar refractivity (Wildman–Crippen MR) is 143 cm³/mol. The van der Waals surface area contributed by atoms with Gasteiger partial charge in [0.2, 0.25) is 5.95 Å². The number of likely N-dealkylation sites (tertiary alicyclic amines) is 1. The minimum Gasteiger partial charge on any atom is -0.324 e. The van der Waals surface area contributed by atoms with E-state index in [1.54, 1.807) is 6.07 Å². The molecule has 0 radical (unpaired) electrons. The van der Waals surface area contributed by atoms with Crippen LogP contribution in [0, 0.1) is 5.82 Å². The Balaban J connectivity index is 1.20. The SMILES string of the molecule is Fc1ccccc1[C@@H]1Cc2cnc(Nc3ccc(CCN4CCCCC4)cc3)nc2-c2ccccc21. The van der Waals surface area contributed by atoms with Crippen molar-refractivity contribution >= 4 is 11.6 Å². The molecule has 182 valence electrons. The summed E-state index contributed by atoms with van der Waals surface area (Å²) in [6, 6.07) is 23.9. The molecule has 1 N–H and O–H groups in total. The van der Waals surface area contributed by atoms with Crippen LogP contribution in [-0.4, -0.2) is 34.5 Å². The van der Waals surface area contributed by atoms with E-state index in [-0.39, 0.29) is 11.7 Å². The van der Waals surface area contributed by atoms with Gasteiger partial charge in [-0.1, -0.05) is 61.0 Å². The number of hydrogen-bond acceptors (Lipinski definition) is 4. The minimum atomic E-state index is -0.167. The first kappa shape index (κ1) is 22.9. The van der Waals surface area contributed by atoms with Crippen LogP contribution in [-0.2, 0) is 12.8 Å². The van der Waals surface area contributed by atoms with Crippen molar-refractivity contribution < 1.29 is 4.39 Å². The average Bonchev–Trinajstić information content (AvgIpc) is 2.93. The summed E-state index contributed by atoms with van der Waals surface area (Å²) in [6.45, 7) is 3.60. The summed E-state index contributed by atoms with van der Waals surface area (Å²) >= 11 is 0. The summed E-state index contributed by atoms with van der Waals surface area (Å²) < 4.78 is 14.7. The zero-order chi connectivity index (χ0) is 24.3. The molecule has 0 unspecified atom stereocenters. The average molecular weight is 479 g/mol. The molecule has 36 heavy (non-hydrogen) atoms.